The van der Waals surface area contributed by atoms with Crippen LogP contribution in [0, 0.1) is 6.92 Å². The Morgan fingerprint density at radius 3 is 2.63 bits per heavy atom. The molecule has 0 saturated carbocycles. The highest BCUT2D eigenvalue weighted by atomic mass is 32.1. The molecule has 1 N–H and O–H groups in total. The second-order valence-corrected chi connectivity index (χ2v) is 6.96. The molecule has 4 aromatic rings. The average Bonchev–Trinajstić information content (AvgIpc) is 3.12. The van der Waals surface area contributed by atoms with Gasteiger partial charge in [0, 0.05) is 10.9 Å². The van der Waals surface area contributed by atoms with Gasteiger partial charge in [-0.2, -0.15) is 0 Å². The summed E-state index contributed by atoms with van der Waals surface area (Å²) < 4.78 is 5.32. The van der Waals surface area contributed by atoms with Crippen LogP contribution in [-0.4, -0.2) is 15.9 Å². The number of rotatable bonds is 4. The van der Waals surface area contributed by atoms with Crippen molar-refractivity contribution in [1.29, 1.82) is 0 Å². The molecule has 2 aromatic carbocycles. The van der Waals surface area contributed by atoms with Crippen molar-refractivity contribution in [2.24, 2.45) is 0 Å². The fourth-order valence-corrected chi connectivity index (χ4v) is 3.87. The standard InChI is InChI=1S/C21H16N2O3S/c1-13-7-5-6-10-15(13)21(25)26-11-17-22-19(24)18-16(12-27-20(18)23-17)14-8-3-2-4-9-14/h2-10,12H,11H2,1H3,(H,22,23,24). The molecule has 6 heteroatoms. The molecule has 134 valence electrons. The molecule has 0 amide bonds. The third kappa shape index (κ3) is 3.39. The number of hydrogen-bond acceptors (Lipinski definition) is 5. The number of ether oxygens (including phenoxy) is 1. The van der Waals surface area contributed by atoms with Crippen molar-refractivity contribution >= 4 is 27.5 Å². The molecular weight excluding hydrogens is 360 g/mol. The number of aromatic nitrogens is 2. The van der Waals surface area contributed by atoms with Gasteiger partial charge < -0.3 is 9.72 Å². The predicted octanol–water partition coefficient (Wildman–Crippen LogP) is 4.32. The zero-order chi connectivity index (χ0) is 18.8. The summed E-state index contributed by atoms with van der Waals surface area (Å²) in [5.74, 6) is -0.108. The van der Waals surface area contributed by atoms with Crippen LogP contribution in [0.1, 0.15) is 21.7 Å². The van der Waals surface area contributed by atoms with Gasteiger partial charge in [-0.05, 0) is 24.1 Å². The van der Waals surface area contributed by atoms with E-state index in [1.165, 1.54) is 11.3 Å². The first-order valence-electron chi connectivity index (χ1n) is 8.42. The number of esters is 1. The van der Waals surface area contributed by atoms with Crippen molar-refractivity contribution in [2.75, 3.05) is 0 Å². The molecule has 2 aromatic heterocycles. The van der Waals surface area contributed by atoms with Crippen molar-refractivity contribution in [1.82, 2.24) is 9.97 Å². The van der Waals surface area contributed by atoms with E-state index in [4.69, 9.17) is 4.74 Å². The SMILES string of the molecule is Cc1ccccc1C(=O)OCc1nc2scc(-c3ccccc3)c2c(=O)[nH]1. The Hall–Kier alpha value is -3.25. The highest BCUT2D eigenvalue weighted by Gasteiger charge is 2.15. The fraction of sp³-hybridized carbons (Fsp3) is 0.0952. The van der Waals surface area contributed by atoms with E-state index in [1.54, 1.807) is 12.1 Å². The molecule has 4 rings (SSSR count). The summed E-state index contributed by atoms with van der Waals surface area (Å²) in [4.78, 5) is 32.6. The van der Waals surface area contributed by atoms with Crippen LogP contribution in [0.3, 0.4) is 0 Å². The number of thiophene rings is 1. The molecule has 0 aliphatic carbocycles. The molecule has 5 nitrogen and oxygen atoms in total. The number of fused-ring (bicyclic) bond motifs is 1. The van der Waals surface area contributed by atoms with Crippen molar-refractivity contribution in [2.45, 2.75) is 13.5 Å². The number of hydrogen-bond donors (Lipinski definition) is 1. The summed E-state index contributed by atoms with van der Waals surface area (Å²) in [6.07, 6.45) is 0. The van der Waals surface area contributed by atoms with E-state index >= 15 is 0 Å². The van der Waals surface area contributed by atoms with Crippen LogP contribution in [0.2, 0.25) is 0 Å². The van der Waals surface area contributed by atoms with Crippen molar-refractivity contribution in [3.05, 3.63) is 87.3 Å². The lowest BCUT2D eigenvalue weighted by Crippen LogP contribution is -2.14. The first kappa shape index (κ1) is 17.2. The maximum atomic E-state index is 12.6. The third-order valence-corrected chi connectivity index (χ3v) is 5.15. The molecule has 0 aliphatic rings. The number of carbonyl (C=O) groups excluding carboxylic acids is 1. The number of carbonyl (C=O) groups is 1. The van der Waals surface area contributed by atoms with Crippen LogP contribution in [-0.2, 0) is 11.3 Å². The summed E-state index contributed by atoms with van der Waals surface area (Å²) in [6.45, 7) is 1.76. The Morgan fingerprint density at radius 1 is 1.11 bits per heavy atom. The quantitative estimate of drug-likeness (QED) is 0.539. The number of benzene rings is 2. The van der Waals surface area contributed by atoms with E-state index in [1.807, 2.05) is 54.8 Å². The highest BCUT2D eigenvalue weighted by Crippen LogP contribution is 2.30. The normalized spacial score (nSPS) is 10.9. The summed E-state index contributed by atoms with van der Waals surface area (Å²) in [5, 5.41) is 2.48. The minimum atomic E-state index is -0.438. The number of H-pyrrole nitrogens is 1. The summed E-state index contributed by atoms with van der Waals surface area (Å²) in [5.41, 5.74) is 2.93. The van der Waals surface area contributed by atoms with Crippen molar-refractivity contribution in [3.63, 3.8) is 0 Å². The van der Waals surface area contributed by atoms with Crippen LogP contribution >= 0.6 is 11.3 Å². The lowest BCUT2D eigenvalue weighted by molar-refractivity contribution is 0.0461. The molecular formula is C21H16N2O3S. The first-order valence-corrected chi connectivity index (χ1v) is 9.30. The van der Waals surface area contributed by atoms with Crippen LogP contribution in [0.15, 0.2) is 64.8 Å². The summed E-state index contributed by atoms with van der Waals surface area (Å²) >= 11 is 1.40. The first-order chi connectivity index (χ1) is 13.1. The molecule has 0 saturated heterocycles. The van der Waals surface area contributed by atoms with Crippen LogP contribution < -0.4 is 5.56 Å². The Bertz CT molecular complexity index is 1180. The Kier molecular flexibility index (Phi) is 4.56. The minimum Gasteiger partial charge on any atom is -0.454 e. The number of nitrogens with one attached hydrogen (secondary N) is 1. The van der Waals surface area contributed by atoms with Gasteiger partial charge in [0.2, 0.25) is 0 Å². The van der Waals surface area contributed by atoms with Crippen LogP contribution in [0.5, 0.6) is 0 Å². The van der Waals surface area contributed by atoms with E-state index in [-0.39, 0.29) is 12.2 Å². The average molecular weight is 376 g/mol. The molecule has 27 heavy (non-hydrogen) atoms. The number of aryl methyl sites for hydroxylation is 1. The Morgan fingerprint density at radius 2 is 1.85 bits per heavy atom. The second kappa shape index (κ2) is 7.17. The van der Waals surface area contributed by atoms with Gasteiger partial charge in [-0.1, -0.05) is 48.5 Å². The van der Waals surface area contributed by atoms with E-state index in [0.717, 1.165) is 16.7 Å². The Labute approximate surface area is 159 Å². The fourth-order valence-electron chi connectivity index (χ4n) is 2.91. The number of nitrogens with zero attached hydrogens (tertiary/aromatic N) is 1. The lowest BCUT2D eigenvalue weighted by Gasteiger charge is -2.07. The highest BCUT2D eigenvalue weighted by molar-refractivity contribution is 7.17. The second-order valence-electron chi connectivity index (χ2n) is 6.10. The van der Waals surface area contributed by atoms with E-state index in [2.05, 4.69) is 9.97 Å². The van der Waals surface area contributed by atoms with Gasteiger partial charge in [-0.3, -0.25) is 4.79 Å². The topological polar surface area (TPSA) is 72.0 Å². The van der Waals surface area contributed by atoms with Crippen molar-refractivity contribution < 1.29 is 9.53 Å². The number of aromatic amines is 1. The summed E-state index contributed by atoms with van der Waals surface area (Å²) in [6, 6.07) is 16.9. The molecule has 0 aliphatic heterocycles. The van der Waals surface area contributed by atoms with Gasteiger partial charge in [-0.25, -0.2) is 9.78 Å². The van der Waals surface area contributed by atoms with Gasteiger partial charge >= 0.3 is 5.97 Å². The smallest absolute Gasteiger partial charge is 0.338 e. The molecule has 0 spiro atoms. The molecule has 0 fully saturated rings. The molecule has 0 radical (unpaired) electrons. The molecule has 0 unspecified atom stereocenters. The maximum Gasteiger partial charge on any atom is 0.338 e. The van der Waals surface area contributed by atoms with E-state index in [9.17, 15) is 9.59 Å². The largest absolute Gasteiger partial charge is 0.454 e. The lowest BCUT2D eigenvalue weighted by atomic mass is 10.1. The predicted molar refractivity (Wildman–Crippen MR) is 106 cm³/mol. The maximum absolute atomic E-state index is 12.6. The van der Waals surface area contributed by atoms with Gasteiger partial charge in [-0.15, -0.1) is 11.3 Å². The van der Waals surface area contributed by atoms with Gasteiger partial charge in [0.15, 0.2) is 0 Å². The Balaban J connectivity index is 1.60. The van der Waals surface area contributed by atoms with E-state index < -0.39 is 5.97 Å². The monoisotopic (exact) mass is 376 g/mol. The van der Waals surface area contributed by atoms with E-state index in [0.29, 0.717) is 21.6 Å². The molecule has 0 atom stereocenters. The zero-order valence-electron chi connectivity index (χ0n) is 14.6. The van der Waals surface area contributed by atoms with Gasteiger partial charge in [0.25, 0.3) is 5.56 Å². The van der Waals surface area contributed by atoms with Gasteiger partial charge in [0.05, 0.1) is 10.9 Å². The van der Waals surface area contributed by atoms with Crippen molar-refractivity contribution in [3.8, 4) is 11.1 Å². The zero-order valence-corrected chi connectivity index (χ0v) is 15.4. The summed E-state index contributed by atoms with van der Waals surface area (Å²) in [7, 11) is 0. The third-order valence-electron chi connectivity index (χ3n) is 4.28. The van der Waals surface area contributed by atoms with Crippen LogP contribution in [0.4, 0.5) is 0 Å². The molecule has 0 bridgehead atoms. The van der Waals surface area contributed by atoms with Gasteiger partial charge in [0.1, 0.15) is 17.3 Å². The molecule has 2 heterocycles. The van der Waals surface area contributed by atoms with Crippen LogP contribution in [0.25, 0.3) is 21.3 Å². The minimum absolute atomic E-state index is 0.0864.